The summed E-state index contributed by atoms with van der Waals surface area (Å²) in [5, 5.41) is 8.80. The van der Waals surface area contributed by atoms with Crippen molar-refractivity contribution >= 4 is 33.6 Å². The van der Waals surface area contributed by atoms with E-state index in [1.54, 1.807) is 19.1 Å². The van der Waals surface area contributed by atoms with Crippen molar-refractivity contribution in [2.75, 3.05) is 38.1 Å². The van der Waals surface area contributed by atoms with Gasteiger partial charge in [0, 0.05) is 38.3 Å². The molecule has 0 radical (unpaired) electrons. The van der Waals surface area contributed by atoms with E-state index in [1.165, 1.54) is 15.9 Å². The van der Waals surface area contributed by atoms with Crippen LogP contribution in [0.25, 0.3) is 0 Å². The lowest BCUT2D eigenvalue weighted by atomic mass is 9.78. The Morgan fingerprint density at radius 1 is 1.14 bits per heavy atom. The Kier molecular flexibility index (Phi) is 10.8. The number of aryl methyl sites for hydroxylation is 3. The molecule has 1 aromatic heterocycles. The predicted octanol–water partition coefficient (Wildman–Crippen LogP) is 2.73. The highest BCUT2D eigenvalue weighted by Gasteiger charge is 2.53. The van der Waals surface area contributed by atoms with Gasteiger partial charge in [0.25, 0.3) is 0 Å². The monoisotopic (exact) mass is 613 g/mol. The van der Waals surface area contributed by atoms with Crippen LogP contribution < -0.4 is 16.0 Å². The van der Waals surface area contributed by atoms with E-state index in [0.717, 1.165) is 49.3 Å². The number of carbonyl (C=O) groups excluding carboxylic acids is 3. The van der Waals surface area contributed by atoms with Gasteiger partial charge in [0.15, 0.2) is 0 Å². The molecule has 0 bridgehead atoms. The summed E-state index contributed by atoms with van der Waals surface area (Å²) in [7, 11) is -3.75. The lowest BCUT2D eigenvalue weighted by Gasteiger charge is -2.47. The predicted molar refractivity (Wildman–Crippen MR) is 163 cm³/mol. The first-order chi connectivity index (χ1) is 20.6. The number of carbonyl (C=O) groups is 3. The second-order valence-electron chi connectivity index (χ2n) is 11.4. The zero-order chi connectivity index (χ0) is 31.0. The number of esters is 1. The highest BCUT2D eigenvalue weighted by atomic mass is 32.2. The second-order valence-corrected chi connectivity index (χ2v) is 13.3. The molecule has 1 saturated heterocycles. The van der Waals surface area contributed by atoms with E-state index < -0.39 is 33.4 Å². The van der Waals surface area contributed by atoms with Crippen molar-refractivity contribution in [3.8, 4) is 0 Å². The summed E-state index contributed by atoms with van der Waals surface area (Å²) in [4.78, 5) is 43.5. The third kappa shape index (κ3) is 7.91. The largest absolute Gasteiger partial charge is 0.464 e. The smallest absolute Gasteiger partial charge is 0.330 e. The highest BCUT2D eigenvalue weighted by Crippen LogP contribution is 2.38. The first-order valence-electron chi connectivity index (χ1n) is 15.1. The van der Waals surface area contributed by atoms with Crippen LogP contribution in [0.3, 0.4) is 0 Å². The zero-order valence-corrected chi connectivity index (χ0v) is 26.1. The second kappa shape index (κ2) is 14.3. The number of benzene rings is 1. The summed E-state index contributed by atoms with van der Waals surface area (Å²) in [6.45, 7) is 6.23. The van der Waals surface area contributed by atoms with E-state index in [-0.39, 0.29) is 43.5 Å². The Bertz CT molecular complexity index is 1420. The fraction of sp³-hybridized carbons (Fsp3) is 0.548. The Balaban J connectivity index is 1.27. The average molecular weight is 614 g/mol. The maximum atomic E-state index is 13.4. The first kappa shape index (κ1) is 32.4. The molecule has 1 aromatic carbocycles. The van der Waals surface area contributed by atoms with E-state index in [9.17, 15) is 22.8 Å². The molecular formula is C31H43N5O6S. The van der Waals surface area contributed by atoms with E-state index in [1.807, 2.05) is 26.0 Å². The van der Waals surface area contributed by atoms with Crippen LogP contribution in [0, 0.1) is 12.3 Å². The van der Waals surface area contributed by atoms with Gasteiger partial charge in [0.1, 0.15) is 11.9 Å². The molecule has 1 unspecified atom stereocenters. The number of pyridine rings is 1. The van der Waals surface area contributed by atoms with Gasteiger partial charge in [-0.05, 0) is 81.7 Å². The Hall–Kier alpha value is -3.51. The van der Waals surface area contributed by atoms with Crippen LogP contribution in [0.5, 0.6) is 0 Å². The summed E-state index contributed by atoms with van der Waals surface area (Å²) in [6.07, 6.45) is 5.01. The quantitative estimate of drug-likeness (QED) is 0.218. The van der Waals surface area contributed by atoms with Gasteiger partial charge < -0.3 is 20.7 Å². The number of rotatable bonds is 14. The lowest BCUT2D eigenvalue weighted by molar-refractivity contribution is -0.150. The first-order valence-corrected chi connectivity index (χ1v) is 16.6. The van der Waals surface area contributed by atoms with Crippen molar-refractivity contribution in [2.24, 2.45) is 5.41 Å². The number of nitrogens with zero attached hydrogens (tertiary/aromatic N) is 2. The molecule has 0 spiro atoms. The third-order valence-corrected chi connectivity index (χ3v) is 9.95. The molecule has 2 aliphatic heterocycles. The van der Waals surface area contributed by atoms with Crippen molar-refractivity contribution < 1.29 is 27.5 Å². The number of nitrogens with one attached hydrogen (secondary N) is 3. The molecule has 2 aromatic rings. The van der Waals surface area contributed by atoms with Crippen LogP contribution in [0.4, 0.5) is 5.82 Å². The van der Waals surface area contributed by atoms with Crippen LogP contribution in [0.15, 0.2) is 41.3 Å². The van der Waals surface area contributed by atoms with Gasteiger partial charge in [-0.1, -0.05) is 25.1 Å². The Labute approximate surface area is 254 Å². The number of unbranched alkanes of at least 4 members (excludes halogenated alkanes) is 1. The van der Waals surface area contributed by atoms with Crippen LogP contribution >= 0.6 is 0 Å². The maximum Gasteiger partial charge on any atom is 0.330 e. The molecule has 3 N–H and O–H groups in total. The standard InChI is InChI=1S/C31H43N5O6S/c1-4-31(20-36(21-31)43(40,41)25-13-8-10-22(3)18-25)30(39)35-26(29(38)42-5-2)19-33-27(37)14-7-6-12-24-16-15-23-11-9-17-32-28(23)34-24/h8,10,13,15-16,18,26H,4-7,9,11-12,14,17,19-21H2,1-3H3,(H,32,34)(H,33,37)(H,35,39). The number of fused-ring (bicyclic) bond motifs is 1. The summed E-state index contributed by atoms with van der Waals surface area (Å²) >= 11 is 0. The molecule has 0 saturated carbocycles. The van der Waals surface area contributed by atoms with Crippen molar-refractivity contribution in [2.45, 2.75) is 76.7 Å². The number of hydrogen-bond donors (Lipinski definition) is 3. The summed E-state index contributed by atoms with van der Waals surface area (Å²) < 4.78 is 32.6. The van der Waals surface area contributed by atoms with E-state index >= 15 is 0 Å². The number of sulfonamides is 1. The molecule has 2 aliphatic rings. The molecule has 11 nitrogen and oxygen atoms in total. The molecule has 2 amide bonds. The van der Waals surface area contributed by atoms with Crippen LogP contribution in [0.1, 0.15) is 62.8 Å². The van der Waals surface area contributed by atoms with Crippen molar-refractivity contribution in [3.05, 3.63) is 53.2 Å². The summed E-state index contributed by atoms with van der Waals surface area (Å²) in [5.41, 5.74) is 2.07. The number of aromatic nitrogens is 1. The number of hydrogen-bond acceptors (Lipinski definition) is 8. The molecule has 43 heavy (non-hydrogen) atoms. The van der Waals surface area contributed by atoms with E-state index in [2.05, 4.69) is 27.0 Å². The molecule has 4 rings (SSSR count). The SMILES string of the molecule is CCOC(=O)C(CNC(=O)CCCCc1ccc2c(n1)NCCC2)NC(=O)C1(CC)CN(S(=O)(=O)c2cccc(C)c2)C1. The minimum absolute atomic E-state index is 0.00263. The van der Waals surface area contributed by atoms with Crippen molar-refractivity contribution in [1.29, 1.82) is 0 Å². The third-order valence-electron chi connectivity index (χ3n) is 8.16. The Morgan fingerprint density at radius 2 is 1.93 bits per heavy atom. The normalized spacial score (nSPS) is 16.6. The van der Waals surface area contributed by atoms with Gasteiger partial charge >= 0.3 is 5.97 Å². The van der Waals surface area contributed by atoms with Crippen LogP contribution in [-0.2, 0) is 42.0 Å². The maximum absolute atomic E-state index is 13.4. The van der Waals surface area contributed by atoms with E-state index in [0.29, 0.717) is 12.8 Å². The summed E-state index contributed by atoms with van der Waals surface area (Å²) in [6, 6.07) is 9.71. The highest BCUT2D eigenvalue weighted by molar-refractivity contribution is 7.89. The molecule has 1 fully saturated rings. The van der Waals surface area contributed by atoms with Crippen molar-refractivity contribution in [3.63, 3.8) is 0 Å². The lowest BCUT2D eigenvalue weighted by Crippen LogP contribution is -2.66. The van der Waals surface area contributed by atoms with Gasteiger partial charge in [0.05, 0.1) is 16.9 Å². The molecule has 12 heteroatoms. The van der Waals surface area contributed by atoms with Gasteiger partial charge in [0.2, 0.25) is 21.8 Å². The molecular weight excluding hydrogens is 570 g/mol. The van der Waals surface area contributed by atoms with Crippen molar-refractivity contribution in [1.82, 2.24) is 19.9 Å². The molecule has 0 aliphatic carbocycles. The zero-order valence-electron chi connectivity index (χ0n) is 25.3. The van der Waals surface area contributed by atoms with Gasteiger partial charge in [-0.3, -0.25) is 9.59 Å². The summed E-state index contributed by atoms with van der Waals surface area (Å²) in [5.74, 6) is -0.364. The molecule has 234 valence electrons. The number of amides is 2. The van der Waals surface area contributed by atoms with Gasteiger partial charge in [-0.15, -0.1) is 0 Å². The minimum Gasteiger partial charge on any atom is -0.464 e. The van der Waals surface area contributed by atoms with Crippen LogP contribution in [-0.4, -0.2) is 74.3 Å². The Morgan fingerprint density at radius 3 is 2.65 bits per heavy atom. The minimum atomic E-state index is -3.75. The van der Waals surface area contributed by atoms with E-state index in [4.69, 9.17) is 4.74 Å². The number of ether oxygens (including phenoxy) is 1. The topological polar surface area (TPSA) is 147 Å². The number of anilines is 1. The average Bonchev–Trinajstić information content (AvgIpc) is 2.97. The van der Waals surface area contributed by atoms with Crippen LogP contribution in [0.2, 0.25) is 0 Å². The fourth-order valence-electron chi connectivity index (χ4n) is 5.40. The van der Waals surface area contributed by atoms with Gasteiger partial charge in [-0.2, -0.15) is 4.31 Å². The molecule has 1 atom stereocenters. The molecule has 3 heterocycles. The fourth-order valence-corrected chi connectivity index (χ4v) is 7.12. The van der Waals surface area contributed by atoms with Gasteiger partial charge in [-0.25, -0.2) is 18.2 Å².